The topological polar surface area (TPSA) is 45.3 Å². The predicted octanol–water partition coefficient (Wildman–Crippen LogP) is 3.71. The van der Waals surface area contributed by atoms with Crippen LogP contribution in [0.1, 0.15) is 30.0 Å². The molecule has 27 heavy (non-hydrogen) atoms. The Morgan fingerprint density at radius 2 is 1.74 bits per heavy atom. The molecule has 3 N–H and O–H groups in total. The summed E-state index contributed by atoms with van der Waals surface area (Å²) in [5, 5.41) is 9.82. The fraction of sp³-hybridized carbons (Fsp3) is 0.429. The lowest BCUT2D eigenvalue weighted by Crippen LogP contribution is -2.45. The van der Waals surface area contributed by atoms with Crippen molar-refractivity contribution in [2.75, 3.05) is 20.6 Å². The molecule has 2 aromatic rings. The number of benzene rings is 2. The Hall–Kier alpha value is -2.02. The van der Waals surface area contributed by atoms with Gasteiger partial charge in [0.2, 0.25) is 0 Å². The first kappa shape index (κ1) is 21.3. The molecule has 4 nitrogen and oxygen atoms in total. The van der Waals surface area contributed by atoms with Crippen molar-refractivity contribution >= 4 is 0 Å². The molecule has 0 saturated carbocycles. The van der Waals surface area contributed by atoms with Gasteiger partial charge in [0.05, 0.1) is 0 Å². The minimum absolute atomic E-state index is 0.225. The standard InChI is InChI=1S/C19H22F2N2O.C2H7N/c20-19(21)24-17-11-5-4-9-15(17)13-23-16-10-6-12-22-18(16)14-7-2-1-3-8-14;1-3-2/h1-5,7-9,11,16,18-19,22-23H,6,10,12-13H2;3H,1-2H3/t16-,18-;/m0./s1. The summed E-state index contributed by atoms with van der Waals surface area (Å²) in [5.74, 6) is 0.236. The summed E-state index contributed by atoms with van der Waals surface area (Å²) in [6, 6.07) is 17.7. The van der Waals surface area contributed by atoms with Gasteiger partial charge in [0.15, 0.2) is 0 Å². The molecule has 0 aliphatic carbocycles. The number of alkyl halides is 2. The van der Waals surface area contributed by atoms with Crippen LogP contribution in [0.4, 0.5) is 8.78 Å². The number of hydrogen-bond donors (Lipinski definition) is 3. The first-order valence-corrected chi connectivity index (χ1v) is 9.28. The summed E-state index contributed by atoms with van der Waals surface area (Å²) in [7, 11) is 3.75. The van der Waals surface area contributed by atoms with E-state index in [0.29, 0.717) is 6.54 Å². The lowest BCUT2D eigenvalue weighted by molar-refractivity contribution is -0.0505. The molecule has 0 unspecified atom stereocenters. The van der Waals surface area contributed by atoms with E-state index in [0.717, 1.165) is 24.9 Å². The average molecular weight is 377 g/mol. The highest BCUT2D eigenvalue weighted by Crippen LogP contribution is 2.25. The SMILES string of the molecule is CNC.FC(F)Oc1ccccc1CN[C@H]1CCCN[C@H]1c1ccccc1. The van der Waals surface area contributed by atoms with Crippen molar-refractivity contribution in [3.63, 3.8) is 0 Å². The monoisotopic (exact) mass is 377 g/mol. The molecule has 1 heterocycles. The van der Waals surface area contributed by atoms with Gasteiger partial charge in [-0.05, 0) is 45.1 Å². The van der Waals surface area contributed by atoms with E-state index in [2.05, 4.69) is 32.8 Å². The van der Waals surface area contributed by atoms with E-state index >= 15 is 0 Å². The third-order valence-corrected chi connectivity index (χ3v) is 4.36. The minimum Gasteiger partial charge on any atom is -0.434 e. The van der Waals surface area contributed by atoms with Gasteiger partial charge in [-0.3, -0.25) is 0 Å². The van der Waals surface area contributed by atoms with Gasteiger partial charge >= 0.3 is 6.61 Å². The number of nitrogens with one attached hydrogen (secondary N) is 3. The molecule has 1 aliphatic rings. The van der Waals surface area contributed by atoms with Gasteiger partial charge in [-0.2, -0.15) is 8.78 Å². The Labute approximate surface area is 160 Å². The van der Waals surface area contributed by atoms with Gasteiger partial charge in [-0.15, -0.1) is 0 Å². The maximum atomic E-state index is 12.5. The van der Waals surface area contributed by atoms with E-state index in [1.54, 1.807) is 12.1 Å². The van der Waals surface area contributed by atoms with Gasteiger partial charge in [0, 0.05) is 24.2 Å². The highest BCUT2D eigenvalue weighted by Gasteiger charge is 2.25. The van der Waals surface area contributed by atoms with Gasteiger partial charge in [-0.25, -0.2) is 0 Å². The van der Waals surface area contributed by atoms with Gasteiger partial charge in [0.25, 0.3) is 0 Å². The smallest absolute Gasteiger partial charge is 0.387 e. The Kier molecular flexibility index (Phi) is 9.18. The number of para-hydroxylation sites is 1. The second kappa shape index (κ2) is 11.6. The van der Waals surface area contributed by atoms with Crippen LogP contribution < -0.4 is 20.7 Å². The molecule has 148 valence electrons. The van der Waals surface area contributed by atoms with Crippen molar-refractivity contribution in [1.82, 2.24) is 16.0 Å². The van der Waals surface area contributed by atoms with Crippen molar-refractivity contribution in [3.8, 4) is 5.75 Å². The maximum absolute atomic E-state index is 12.5. The number of rotatable bonds is 6. The first-order chi connectivity index (χ1) is 13.2. The summed E-state index contributed by atoms with van der Waals surface area (Å²) in [4.78, 5) is 0. The summed E-state index contributed by atoms with van der Waals surface area (Å²) in [6.07, 6.45) is 2.14. The molecule has 1 aliphatic heterocycles. The predicted molar refractivity (Wildman–Crippen MR) is 105 cm³/mol. The highest BCUT2D eigenvalue weighted by atomic mass is 19.3. The molecule has 6 heteroatoms. The van der Waals surface area contributed by atoms with Gasteiger partial charge in [-0.1, -0.05) is 48.5 Å². The van der Waals surface area contributed by atoms with Crippen LogP contribution in [0.15, 0.2) is 54.6 Å². The van der Waals surface area contributed by atoms with Crippen LogP contribution in [-0.4, -0.2) is 33.3 Å². The first-order valence-electron chi connectivity index (χ1n) is 9.28. The Bertz CT molecular complexity index is 655. The van der Waals surface area contributed by atoms with E-state index in [-0.39, 0.29) is 17.8 Å². The summed E-state index contributed by atoms with van der Waals surface area (Å²) in [6.45, 7) is -1.32. The third kappa shape index (κ3) is 6.90. The maximum Gasteiger partial charge on any atom is 0.387 e. The molecule has 1 saturated heterocycles. The minimum atomic E-state index is -2.81. The van der Waals surface area contributed by atoms with E-state index in [9.17, 15) is 8.78 Å². The van der Waals surface area contributed by atoms with Crippen LogP contribution in [0.5, 0.6) is 5.75 Å². The molecule has 0 aromatic heterocycles. The molecule has 0 bridgehead atoms. The molecule has 2 aromatic carbocycles. The quantitative estimate of drug-likeness (QED) is 0.718. The summed E-state index contributed by atoms with van der Waals surface area (Å²) < 4.78 is 29.7. The molecule has 0 radical (unpaired) electrons. The van der Waals surface area contributed by atoms with E-state index in [1.807, 2.05) is 44.4 Å². The zero-order valence-electron chi connectivity index (χ0n) is 15.9. The van der Waals surface area contributed by atoms with Crippen LogP contribution in [-0.2, 0) is 6.54 Å². The van der Waals surface area contributed by atoms with Crippen molar-refractivity contribution in [2.45, 2.75) is 38.1 Å². The second-order valence-electron chi connectivity index (χ2n) is 6.46. The van der Waals surface area contributed by atoms with Crippen LogP contribution in [0.2, 0.25) is 0 Å². The fourth-order valence-electron chi connectivity index (χ4n) is 3.22. The summed E-state index contributed by atoms with van der Waals surface area (Å²) in [5.41, 5.74) is 1.99. The van der Waals surface area contributed by atoms with E-state index in [4.69, 9.17) is 0 Å². The molecule has 2 atom stereocenters. The molecule has 1 fully saturated rings. The largest absolute Gasteiger partial charge is 0.434 e. The highest BCUT2D eigenvalue weighted by molar-refractivity contribution is 5.33. The Morgan fingerprint density at radius 3 is 2.44 bits per heavy atom. The Balaban J connectivity index is 0.000000817. The van der Waals surface area contributed by atoms with Crippen molar-refractivity contribution < 1.29 is 13.5 Å². The van der Waals surface area contributed by atoms with Crippen LogP contribution in [0.3, 0.4) is 0 Å². The number of hydrogen-bond acceptors (Lipinski definition) is 4. The Morgan fingerprint density at radius 1 is 1.07 bits per heavy atom. The fourth-order valence-corrected chi connectivity index (χ4v) is 3.22. The zero-order chi connectivity index (χ0) is 19.5. The van der Waals surface area contributed by atoms with E-state index < -0.39 is 6.61 Å². The van der Waals surface area contributed by atoms with Crippen molar-refractivity contribution in [3.05, 3.63) is 65.7 Å². The molecular weight excluding hydrogens is 348 g/mol. The van der Waals surface area contributed by atoms with Crippen LogP contribution in [0.25, 0.3) is 0 Å². The summed E-state index contributed by atoms with van der Waals surface area (Å²) >= 11 is 0. The van der Waals surface area contributed by atoms with Crippen molar-refractivity contribution in [1.29, 1.82) is 0 Å². The lowest BCUT2D eigenvalue weighted by atomic mass is 9.92. The molecule has 0 spiro atoms. The molecule has 3 rings (SSSR count). The number of piperidine rings is 1. The van der Waals surface area contributed by atoms with Gasteiger partial charge < -0.3 is 20.7 Å². The lowest BCUT2D eigenvalue weighted by Gasteiger charge is -2.34. The van der Waals surface area contributed by atoms with Crippen LogP contribution in [0, 0.1) is 0 Å². The normalized spacial score (nSPS) is 19.3. The van der Waals surface area contributed by atoms with Crippen LogP contribution >= 0.6 is 0 Å². The molecule has 0 amide bonds. The third-order valence-electron chi connectivity index (χ3n) is 4.36. The van der Waals surface area contributed by atoms with E-state index in [1.165, 1.54) is 5.56 Å². The number of halogens is 2. The van der Waals surface area contributed by atoms with Gasteiger partial charge in [0.1, 0.15) is 5.75 Å². The molecular formula is C21H29F2N3O. The average Bonchev–Trinajstić information content (AvgIpc) is 2.68. The zero-order valence-corrected chi connectivity index (χ0v) is 15.9. The van der Waals surface area contributed by atoms with Crippen molar-refractivity contribution in [2.24, 2.45) is 0 Å². The second-order valence-corrected chi connectivity index (χ2v) is 6.46. The number of ether oxygens (including phenoxy) is 1.